The van der Waals surface area contributed by atoms with Gasteiger partial charge in [0.05, 0.1) is 6.42 Å². The van der Waals surface area contributed by atoms with Gasteiger partial charge in [-0.25, -0.2) is 0 Å². The fraction of sp³-hybridized carbons (Fsp3) is 0.909. The van der Waals surface area contributed by atoms with E-state index in [1.165, 1.54) is 19.3 Å². The zero-order chi connectivity index (χ0) is 9.80. The molecule has 80 valence electrons. The van der Waals surface area contributed by atoms with Gasteiger partial charge in [0.2, 0.25) is 0 Å². The van der Waals surface area contributed by atoms with Gasteiger partial charge < -0.3 is 9.64 Å². The Kier molecular flexibility index (Phi) is 3.40. The van der Waals surface area contributed by atoms with E-state index in [1.807, 2.05) is 0 Å². The van der Waals surface area contributed by atoms with Crippen LogP contribution in [0.5, 0.6) is 0 Å². The lowest BCUT2D eigenvalue weighted by Gasteiger charge is -2.21. The highest BCUT2D eigenvalue weighted by Crippen LogP contribution is 2.20. The van der Waals surface area contributed by atoms with E-state index in [4.69, 9.17) is 4.74 Å². The van der Waals surface area contributed by atoms with Crippen LogP contribution in [0.15, 0.2) is 0 Å². The zero-order valence-electron chi connectivity index (χ0n) is 8.71. The summed E-state index contributed by atoms with van der Waals surface area (Å²) in [5, 5.41) is 0. The van der Waals surface area contributed by atoms with Crippen LogP contribution < -0.4 is 0 Å². The summed E-state index contributed by atoms with van der Waals surface area (Å²) < 4.78 is 5.40. The van der Waals surface area contributed by atoms with Crippen molar-refractivity contribution in [1.82, 2.24) is 4.90 Å². The van der Waals surface area contributed by atoms with Crippen molar-refractivity contribution in [2.45, 2.75) is 44.6 Å². The number of carbonyl (C=O) groups excluding carboxylic acids is 1. The monoisotopic (exact) mass is 197 g/mol. The topological polar surface area (TPSA) is 29.3 Å². The Balaban J connectivity index is 1.59. The summed E-state index contributed by atoms with van der Waals surface area (Å²) in [5.41, 5.74) is 0. The molecule has 1 saturated heterocycles. The first kappa shape index (κ1) is 9.97. The van der Waals surface area contributed by atoms with Crippen LogP contribution in [-0.2, 0) is 9.53 Å². The summed E-state index contributed by atoms with van der Waals surface area (Å²) >= 11 is 0. The second-order valence-corrected chi connectivity index (χ2v) is 4.34. The predicted octanol–water partition coefficient (Wildman–Crippen LogP) is 1.57. The van der Waals surface area contributed by atoms with Crippen LogP contribution in [-0.4, -0.2) is 36.6 Å². The minimum Gasteiger partial charge on any atom is -0.462 e. The molecular weight excluding hydrogens is 178 g/mol. The minimum atomic E-state index is 0.00352. The smallest absolute Gasteiger partial charge is 0.307 e. The first-order valence-corrected chi connectivity index (χ1v) is 5.76. The van der Waals surface area contributed by atoms with Gasteiger partial charge in [-0.2, -0.15) is 0 Å². The highest BCUT2D eigenvalue weighted by molar-refractivity contribution is 5.69. The van der Waals surface area contributed by atoms with Crippen LogP contribution >= 0.6 is 0 Å². The van der Waals surface area contributed by atoms with E-state index < -0.39 is 0 Å². The molecule has 0 radical (unpaired) electrons. The van der Waals surface area contributed by atoms with E-state index in [1.54, 1.807) is 0 Å². The van der Waals surface area contributed by atoms with Gasteiger partial charge in [0, 0.05) is 19.6 Å². The number of esters is 1. The molecule has 3 nitrogen and oxygen atoms in total. The van der Waals surface area contributed by atoms with E-state index in [9.17, 15) is 4.79 Å². The van der Waals surface area contributed by atoms with Crippen molar-refractivity contribution in [2.75, 3.05) is 19.6 Å². The molecule has 0 aromatic carbocycles. The quantitative estimate of drug-likeness (QED) is 0.506. The first-order valence-electron chi connectivity index (χ1n) is 5.76. The van der Waals surface area contributed by atoms with Gasteiger partial charge in [-0.05, 0) is 25.7 Å². The average Bonchev–Trinajstić information content (AvgIpc) is 3.00. The number of carbonyl (C=O) groups is 1. The van der Waals surface area contributed by atoms with E-state index in [0.29, 0.717) is 6.42 Å². The molecule has 0 amide bonds. The molecule has 0 atom stereocenters. The molecule has 1 aliphatic carbocycles. The third-order valence-electron chi connectivity index (χ3n) is 3.02. The van der Waals surface area contributed by atoms with Crippen LogP contribution in [0.1, 0.15) is 38.5 Å². The van der Waals surface area contributed by atoms with E-state index in [0.717, 1.165) is 32.5 Å². The maximum Gasteiger partial charge on any atom is 0.307 e. The van der Waals surface area contributed by atoms with E-state index >= 15 is 0 Å². The van der Waals surface area contributed by atoms with E-state index in [2.05, 4.69) is 4.90 Å². The molecule has 1 heterocycles. The summed E-state index contributed by atoms with van der Waals surface area (Å²) in [4.78, 5) is 13.6. The van der Waals surface area contributed by atoms with Crippen molar-refractivity contribution in [3.63, 3.8) is 0 Å². The normalized spacial score (nSPS) is 23.4. The predicted molar refractivity (Wildman–Crippen MR) is 54.0 cm³/mol. The molecule has 14 heavy (non-hydrogen) atoms. The molecule has 0 spiro atoms. The zero-order valence-corrected chi connectivity index (χ0v) is 8.71. The van der Waals surface area contributed by atoms with Crippen LogP contribution in [0.3, 0.4) is 0 Å². The lowest BCUT2D eigenvalue weighted by molar-refractivity contribution is -0.150. The third kappa shape index (κ3) is 3.29. The molecule has 1 saturated carbocycles. The average molecular weight is 197 g/mol. The van der Waals surface area contributed by atoms with Crippen LogP contribution in [0.2, 0.25) is 0 Å². The number of ether oxygens (including phenoxy) is 1. The standard InChI is InChI=1S/C11H19NO2/c13-11(6-7-12-8-9-12)14-10-4-2-1-3-5-10/h10H,1-9H2. The molecule has 1 aliphatic heterocycles. The Bertz CT molecular complexity index is 195. The maximum atomic E-state index is 11.4. The molecule has 0 N–H and O–H groups in total. The SMILES string of the molecule is O=C(CCN1CC1)OC1CCCCC1. The van der Waals surface area contributed by atoms with Crippen LogP contribution in [0, 0.1) is 0 Å². The summed E-state index contributed by atoms with van der Waals surface area (Å²) in [7, 11) is 0. The van der Waals surface area contributed by atoms with Crippen molar-refractivity contribution in [1.29, 1.82) is 0 Å². The highest BCUT2D eigenvalue weighted by Gasteiger charge is 2.21. The Morgan fingerprint density at radius 3 is 2.57 bits per heavy atom. The van der Waals surface area contributed by atoms with Gasteiger partial charge in [0.1, 0.15) is 6.10 Å². The lowest BCUT2D eigenvalue weighted by Crippen LogP contribution is -2.22. The maximum absolute atomic E-state index is 11.4. The highest BCUT2D eigenvalue weighted by atomic mass is 16.5. The molecule has 2 rings (SSSR count). The van der Waals surface area contributed by atoms with Crippen molar-refractivity contribution in [3.05, 3.63) is 0 Å². The number of hydrogen-bond acceptors (Lipinski definition) is 3. The summed E-state index contributed by atoms with van der Waals surface area (Å²) in [6, 6.07) is 0. The van der Waals surface area contributed by atoms with Gasteiger partial charge >= 0.3 is 5.97 Å². The minimum absolute atomic E-state index is 0.00352. The largest absolute Gasteiger partial charge is 0.462 e. The summed E-state index contributed by atoms with van der Waals surface area (Å²) in [6.07, 6.45) is 6.72. The molecule has 0 aromatic rings. The Morgan fingerprint density at radius 2 is 1.93 bits per heavy atom. The van der Waals surface area contributed by atoms with Gasteiger partial charge in [0.25, 0.3) is 0 Å². The molecule has 2 fully saturated rings. The van der Waals surface area contributed by atoms with Crippen molar-refractivity contribution >= 4 is 5.97 Å². The Labute approximate surface area is 85.4 Å². The van der Waals surface area contributed by atoms with Gasteiger partial charge in [0.15, 0.2) is 0 Å². The molecule has 0 bridgehead atoms. The van der Waals surface area contributed by atoms with E-state index in [-0.39, 0.29) is 12.1 Å². The lowest BCUT2D eigenvalue weighted by atomic mass is 9.98. The Morgan fingerprint density at radius 1 is 1.21 bits per heavy atom. The second kappa shape index (κ2) is 4.78. The molecule has 2 aliphatic rings. The van der Waals surface area contributed by atoms with Gasteiger partial charge in [-0.1, -0.05) is 6.42 Å². The van der Waals surface area contributed by atoms with Crippen LogP contribution in [0.25, 0.3) is 0 Å². The van der Waals surface area contributed by atoms with Crippen LogP contribution in [0.4, 0.5) is 0 Å². The first-order chi connectivity index (χ1) is 6.84. The van der Waals surface area contributed by atoms with Crippen molar-refractivity contribution < 1.29 is 9.53 Å². The van der Waals surface area contributed by atoms with Gasteiger partial charge in [-0.15, -0.1) is 0 Å². The molecule has 3 heteroatoms. The van der Waals surface area contributed by atoms with Gasteiger partial charge in [-0.3, -0.25) is 4.79 Å². The number of hydrogen-bond donors (Lipinski definition) is 0. The molecule has 0 aromatic heterocycles. The Hall–Kier alpha value is -0.570. The van der Waals surface area contributed by atoms with Crippen molar-refractivity contribution in [2.24, 2.45) is 0 Å². The third-order valence-corrected chi connectivity index (χ3v) is 3.02. The fourth-order valence-corrected chi connectivity index (χ4v) is 1.97. The fourth-order valence-electron chi connectivity index (χ4n) is 1.97. The molecule has 0 unspecified atom stereocenters. The number of rotatable bonds is 4. The second-order valence-electron chi connectivity index (χ2n) is 4.34. The van der Waals surface area contributed by atoms with Crippen molar-refractivity contribution in [3.8, 4) is 0 Å². The molecular formula is C11H19NO2. The number of nitrogens with zero attached hydrogens (tertiary/aromatic N) is 1. The summed E-state index contributed by atoms with van der Waals surface area (Å²) in [5.74, 6) is 0.00352. The summed E-state index contributed by atoms with van der Waals surface area (Å²) in [6.45, 7) is 3.22.